The number of nitrogens with one attached hydrogen (secondary N) is 1. The Labute approximate surface area is 135 Å². The number of hydrogen-bond donors (Lipinski definition) is 1. The second-order valence-electron chi connectivity index (χ2n) is 5.95. The van der Waals surface area contributed by atoms with Gasteiger partial charge in [-0.2, -0.15) is 4.98 Å². The first-order valence-corrected chi connectivity index (χ1v) is 7.99. The molecule has 1 N–H and O–H groups in total. The van der Waals surface area contributed by atoms with Crippen molar-refractivity contribution in [2.45, 2.75) is 45.8 Å². The molecule has 2 aromatic heterocycles. The van der Waals surface area contributed by atoms with Gasteiger partial charge >= 0.3 is 0 Å². The van der Waals surface area contributed by atoms with Gasteiger partial charge in [-0.1, -0.05) is 18.5 Å². The minimum Gasteiger partial charge on any atom is -0.364 e. The molecule has 1 fully saturated rings. The van der Waals surface area contributed by atoms with Crippen LogP contribution in [0.5, 0.6) is 0 Å². The zero-order chi connectivity index (χ0) is 16.4. The summed E-state index contributed by atoms with van der Waals surface area (Å²) in [6.45, 7) is 6.78. The maximum absolute atomic E-state index is 12.9. The molecule has 0 aromatic carbocycles. The molecule has 7 heteroatoms. The van der Waals surface area contributed by atoms with Crippen molar-refractivity contribution < 1.29 is 14.1 Å². The highest BCUT2D eigenvalue weighted by Crippen LogP contribution is 2.25. The highest BCUT2D eigenvalue weighted by atomic mass is 16.5. The monoisotopic (exact) mass is 318 g/mol. The van der Waals surface area contributed by atoms with E-state index >= 15 is 0 Å². The number of nitrogens with zero attached hydrogens (tertiary/aromatic N) is 3. The lowest BCUT2D eigenvalue weighted by Crippen LogP contribution is -2.46. The Hall–Kier alpha value is -2.15. The number of carbonyl (C=O) groups excluding carboxylic acids is 1. The van der Waals surface area contributed by atoms with Crippen LogP contribution in [-0.4, -0.2) is 45.1 Å². The summed E-state index contributed by atoms with van der Waals surface area (Å²) in [5.41, 5.74) is 1.73. The zero-order valence-electron chi connectivity index (χ0n) is 13.7. The molecule has 0 bridgehead atoms. The molecule has 0 saturated carbocycles. The van der Waals surface area contributed by atoms with Gasteiger partial charge in [0.15, 0.2) is 11.9 Å². The number of amides is 1. The van der Waals surface area contributed by atoms with Crippen molar-refractivity contribution in [1.82, 2.24) is 20.0 Å². The molecule has 124 valence electrons. The Balaban J connectivity index is 1.78. The molecule has 0 unspecified atom stereocenters. The van der Waals surface area contributed by atoms with Crippen molar-refractivity contribution >= 4 is 5.91 Å². The van der Waals surface area contributed by atoms with Gasteiger partial charge in [0.05, 0.1) is 18.2 Å². The summed E-state index contributed by atoms with van der Waals surface area (Å²) in [4.78, 5) is 22.1. The number of aromatic amines is 1. The van der Waals surface area contributed by atoms with Crippen molar-refractivity contribution in [3.8, 4) is 0 Å². The van der Waals surface area contributed by atoms with Crippen LogP contribution in [0.4, 0.5) is 0 Å². The first-order valence-electron chi connectivity index (χ1n) is 7.99. The van der Waals surface area contributed by atoms with E-state index in [1.807, 2.05) is 19.2 Å². The van der Waals surface area contributed by atoms with Crippen molar-refractivity contribution in [2.75, 3.05) is 13.1 Å². The van der Waals surface area contributed by atoms with E-state index < -0.39 is 0 Å². The molecular formula is C16H22N4O3. The lowest BCUT2D eigenvalue weighted by molar-refractivity contribution is -0.0810. The molecule has 23 heavy (non-hydrogen) atoms. The van der Waals surface area contributed by atoms with Gasteiger partial charge < -0.3 is 19.1 Å². The number of aromatic nitrogens is 3. The van der Waals surface area contributed by atoms with Gasteiger partial charge in [0.2, 0.25) is 0 Å². The molecule has 3 rings (SSSR count). The molecule has 1 aliphatic heterocycles. The molecule has 0 radical (unpaired) electrons. The molecule has 0 aliphatic carbocycles. The fourth-order valence-electron chi connectivity index (χ4n) is 2.93. The van der Waals surface area contributed by atoms with Crippen LogP contribution in [0.15, 0.2) is 16.8 Å². The normalized spacial score (nSPS) is 21.6. The summed E-state index contributed by atoms with van der Waals surface area (Å²) in [5, 5.41) is 3.80. The smallest absolute Gasteiger partial charge is 0.257 e. The van der Waals surface area contributed by atoms with Gasteiger partial charge in [0.1, 0.15) is 0 Å². The number of ether oxygens (including phenoxy) is 1. The first-order chi connectivity index (χ1) is 11.1. The lowest BCUT2D eigenvalue weighted by Gasteiger charge is -2.35. The number of aryl methyl sites for hydroxylation is 2. The van der Waals surface area contributed by atoms with Gasteiger partial charge in [-0.25, -0.2) is 0 Å². The molecule has 2 aromatic rings. The number of rotatable bonds is 4. The zero-order valence-corrected chi connectivity index (χ0v) is 13.7. The molecule has 1 aliphatic rings. The maximum atomic E-state index is 12.9. The average molecular weight is 318 g/mol. The fraction of sp³-hybridized carbons (Fsp3) is 0.562. The van der Waals surface area contributed by atoms with Crippen molar-refractivity contribution in [3.05, 3.63) is 35.2 Å². The van der Waals surface area contributed by atoms with E-state index in [1.165, 1.54) is 0 Å². The Morgan fingerprint density at radius 1 is 1.48 bits per heavy atom. The summed E-state index contributed by atoms with van der Waals surface area (Å²) in [6.07, 6.45) is 3.21. The third kappa shape index (κ3) is 3.29. The van der Waals surface area contributed by atoms with Crippen LogP contribution in [0, 0.1) is 6.92 Å². The second kappa shape index (κ2) is 6.54. The van der Waals surface area contributed by atoms with Gasteiger partial charge in [-0.15, -0.1) is 0 Å². The van der Waals surface area contributed by atoms with E-state index in [2.05, 4.69) is 22.0 Å². The standard InChI is InChI=1S/C16H22N4O3/c1-4-5-13-12(6-7-17-13)16(21)20-8-10(2)22-14(9-20)15-18-11(3)19-23-15/h6-7,10,14,17H,4-5,8-9H2,1-3H3/t10-,14-/m1/s1. The topological polar surface area (TPSA) is 84.2 Å². The van der Waals surface area contributed by atoms with Crippen LogP contribution in [0.1, 0.15) is 54.1 Å². The van der Waals surface area contributed by atoms with E-state index in [0.717, 1.165) is 24.1 Å². The third-order valence-corrected chi connectivity index (χ3v) is 3.93. The van der Waals surface area contributed by atoms with Gasteiger partial charge in [0, 0.05) is 18.4 Å². The van der Waals surface area contributed by atoms with Crippen molar-refractivity contribution in [3.63, 3.8) is 0 Å². The number of carbonyl (C=O) groups is 1. The molecular weight excluding hydrogens is 296 g/mol. The highest BCUT2D eigenvalue weighted by Gasteiger charge is 2.33. The van der Waals surface area contributed by atoms with E-state index in [9.17, 15) is 4.79 Å². The van der Waals surface area contributed by atoms with Crippen LogP contribution in [-0.2, 0) is 11.2 Å². The molecule has 1 amide bonds. The summed E-state index contributed by atoms with van der Waals surface area (Å²) < 4.78 is 11.1. The molecule has 7 nitrogen and oxygen atoms in total. The van der Waals surface area contributed by atoms with Crippen molar-refractivity contribution in [2.24, 2.45) is 0 Å². The van der Waals surface area contributed by atoms with Crippen LogP contribution in [0.25, 0.3) is 0 Å². The van der Waals surface area contributed by atoms with Gasteiger partial charge in [0.25, 0.3) is 11.8 Å². The second-order valence-corrected chi connectivity index (χ2v) is 5.95. The molecule has 3 heterocycles. The lowest BCUT2D eigenvalue weighted by atomic mass is 10.1. The quantitative estimate of drug-likeness (QED) is 0.934. The Bertz CT molecular complexity index is 678. The van der Waals surface area contributed by atoms with E-state index in [1.54, 1.807) is 11.8 Å². The Morgan fingerprint density at radius 2 is 2.30 bits per heavy atom. The predicted molar refractivity (Wildman–Crippen MR) is 83.0 cm³/mol. The van der Waals surface area contributed by atoms with Crippen LogP contribution >= 0.6 is 0 Å². The number of H-pyrrole nitrogens is 1. The van der Waals surface area contributed by atoms with Gasteiger partial charge in [-0.05, 0) is 26.3 Å². The summed E-state index contributed by atoms with van der Waals surface area (Å²) >= 11 is 0. The first kappa shape index (κ1) is 15.7. The Morgan fingerprint density at radius 3 is 3.00 bits per heavy atom. The van der Waals surface area contributed by atoms with E-state index in [-0.39, 0.29) is 18.1 Å². The molecule has 2 atom stereocenters. The van der Waals surface area contributed by atoms with Crippen LogP contribution in [0.3, 0.4) is 0 Å². The molecule has 0 spiro atoms. The summed E-state index contributed by atoms with van der Waals surface area (Å²) in [6, 6.07) is 1.85. The summed E-state index contributed by atoms with van der Waals surface area (Å²) in [5.74, 6) is 1.01. The van der Waals surface area contributed by atoms with E-state index in [0.29, 0.717) is 24.8 Å². The highest BCUT2D eigenvalue weighted by molar-refractivity contribution is 5.95. The number of morpholine rings is 1. The fourth-order valence-corrected chi connectivity index (χ4v) is 2.93. The minimum atomic E-state index is -0.377. The third-order valence-electron chi connectivity index (χ3n) is 3.93. The predicted octanol–water partition coefficient (Wildman–Crippen LogP) is 2.26. The Kier molecular flexibility index (Phi) is 4.47. The van der Waals surface area contributed by atoms with Crippen LogP contribution in [0.2, 0.25) is 0 Å². The van der Waals surface area contributed by atoms with Gasteiger partial charge in [-0.3, -0.25) is 4.79 Å². The number of hydrogen-bond acceptors (Lipinski definition) is 5. The largest absolute Gasteiger partial charge is 0.364 e. The summed E-state index contributed by atoms with van der Waals surface area (Å²) in [7, 11) is 0. The average Bonchev–Trinajstić information content (AvgIpc) is 3.15. The van der Waals surface area contributed by atoms with E-state index in [4.69, 9.17) is 9.26 Å². The van der Waals surface area contributed by atoms with Crippen molar-refractivity contribution in [1.29, 1.82) is 0 Å². The maximum Gasteiger partial charge on any atom is 0.257 e. The SMILES string of the molecule is CCCc1[nH]ccc1C(=O)N1C[C@@H](C)O[C@@H](c2nc(C)no2)C1. The minimum absolute atomic E-state index is 0.0195. The van der Waals surface area contributed by atoms with Crippen LogP contribution < -0.4 is 0 Å². The molecule has 1 saturated heterocycles.